The molecule has 0 aliphatic carbocycles. The van der Waals surface area contributed by atoms with Gasteiger partial charge in [0.15, 0.2) is 0 Å². The molecule has 2 aromatic rings. The molecule has 9 heteroatoms. The van der Waals surface area contributed by atoms with Gasteiger partial charge in [0.2, 0.25) is 5.91 Å². The van der Waals surface area contributed by atoms with Gasteiger partial charge in [0, 0.05) is 17.8 Å². The van der Waals surface area contributed by atoms with Crippen molar-refractivity contribution >= 4 is 28.6 Å². The second-order valence-electron chi connectivity index (χ2n) is 6.23. The number of aryl methyl sites for hydroxylation is 1. The Balaban J connectivity index is 2.00. The second-order valence-corrected chi connectivity index (χ2v) is 7.28. The van der Waals surface area contributed by atoms with Crippen molar-refractivity contribution in [2.24, 2.45) is 0 Å². The number of carbonyl (C=O) groups is 1. The van der Waals surface area contributed by atoms with Crippen molar-refractivity contribution in [3.05, 3.63) is 38.3 Å². The van der Waals surface area contributed by atoms with Crippen molar-refractivity contribution in [3.63, 3.8) is 0 Å². The fourth-order valence-corrected chi connectivity index (χ4v) is 2.90. The summed E-state index contributed by atoms with van der Waals surface area (Å²) < 4.78 is 1.34. The lowest BCUT2D eigenvalue weighted by molar-refractivity contribution is -0.385. The smallest absolute Gasteiger partial charge is 0.306 e. The van der Waals surface area contributed by atoms with Crippen molar-refractivity contribution in [3.8, 4) is 6.07 Å². The number of hydrogen-bond donors (Lipinski definition) is 1. The summed E-state index contributed by atoms with van der Waals surface area (Å²) in [7, 11) is 0. The van der Waals surface area contributed by atoms with Crippen molar-refractivity contribution in [1.29, 1.82) is 5.26 Å². The Morgan fingerprint density at radius 2 is 2.25 bits per heavy atom. The van der Waals surface area contributed by atoms with E-state index in [4.69, 9.17) is 0 Å². The number of amides is 1. The summed E-state index contributed by atoms with van der Waals surface area (Å²) in [6.07, 6.45) is 2.51. The molecule has 0 saturated heterocycles. The number of nitriles is 1. The van der Waals surface area contributed by atoms with Crippen molar-refractivity contribution in [2.75, 3.05) is 5.32 Å². The highest BCUT2D eigenvalue weighted by Gasteiger charge is 2.20. The van der Waals surface area contributed by atoms with Crippen LogP contribution in [-0.2, 0) is 16.8 Å². The molecule has 8 nitrogen and oxygen atoms in total. The highest BCUT2D eigenvalue weighted by molar-refractivity contribution is 7.13. The fourth-order valence-electron chi connectivity index (χ4n) is 1.93. The van der Waals surface area contributed by atoms with Gasteiger partial charge in [-0.3, -0.25) is 19.6 Å². The Bertz CT molecular complexity index is 810. The standard InChI is InChI=1S/C15H17N5O3S/c1-15(2,3)13-6-11(12(7-16)24-13)18-14(21)4-5-19-9-10(8-17-19)20(22)23/h6,8-9H,4-5H2,1-3H3,(H,18,21). The topological polar surface area (TPSA) is 114 Å². The average molecular weight is 347 g/mol. The summed E-state index contributed by atoms with van der Waals surface area (Å²) in [5.41, 5.74) is 0.284. The largest absolute Gasteiger partial charge is 0.324 e. The number of nitrogens with zero attached hydrogens (tertiary/aromatic N) is 4. The van der Waals surface area contributed by atoms with Crippen LogP contribution in [0.2, 0.25) is 0 Å². The van der Waals surface area contributed by atoms with Gasteiger partial charge in [-0.1, -0.05) is 20.8 Å². The van der Waals surface area contributed by atoms with Crippen LogP contribution < -0.4 is 5.32 Å². The van der Waals surface area contributed by atoms with Gasteiger partial charge in [-0.15, -0.1) is 11.3 Å². The first-order valence-electron chi connectivity index (χ1n) is 7.22. The molecule has 1 amide bonds. The predicted molar refractivity (Wildman–Crippen MR) is 89.9 cm³/mol. The molecule has 0 aliphatic rings. The summed E-state index contributed by atoms with van der Waals surface area (Å²) in [6, 6.07) is 3.91. The van der Waals surface area contributed by atoms with E-state index in [-0.39, 0.29) is 30.0 Å². The first-order chi connectivity index (χ1) is 11.2. The van der Waals surface area contributed by atoms with Gasteiger partial charge in [-0.05, 0) is 11.5 Å². The average Bonchev–Trinajstić information content (AvgIpc) is 3.11. The second kappa shape index (κ2) is 6.80. The first kappa shape index (κ1) is 17.6. The van der Waals surface area contributed by atoms with E-state index >= 15 is 0 Å². The maximum atomic E-state index is 12.1. The molecule has 0 aliphatic heterocycles. The number of thiophene rings is 1. The van der Waals surface area contributed by atoms with Crippen LogP contribution in [-0.4, -0.2) is 20.6 Å². The minimum atomic E-state index is -0.540. The Hall–Kier alpha value is -2.73. The van der Waals surface area contributed by atoms with Gasteiger partial charge in [-0.25, -0.2) is 0 Å². The van der Waals surface area contributed by atoms with Gasteiger partial charge in [0.05, 0.1) is 10.6 Å². The van der Waals surface area contributed by atoms with Crippen LogP contribution in [0.25, 0.3) is 0 Å². The molecule has 1 N–H and O–H groups in total. The summed E-state index contributed by atoms with van der Waals surface area (Å²) in [5.74, 6) is -0.275. The molecule has 2 heterocycles. The summed E-state index contributed by atoms with van der Waals surface area (Å²) in [5, 5.41) is 26.4. The molecular formula is C15H17N5O3S. The van der Waals surface area contributed by atoms with Crippen molar-refractivity contribution in [1.82, 2.24) is 9.78 Å². The zero-order valence-corrected chi connectivity index (χ0v) is 14.4. The predicted octanol–water partition coefficient (Wildman–Crippen LogP) is 3.05. The third-order valence-corrected chi connectivity index (χ3v) is 4.71. The fraction of sp³-hybridized carbons (Fsp3) is 0.400. The van der Waals surface area contributed by atoms with Crippen LogP contribution in [0.4, 0.5) is 11.4 Å². The van der Waals surface area contributed by atoms with Crippen LogP contribution in [0.3, 0.4) is 0 Å². The van der Waals surface area contributed by atoms with E-state index in [0.29, 0.717) is 10.6 Å². The normalized spacial score (nSPS) is 11.1. The maximum Gasteiger partial charge on any atom is 0.306 e. The monoisotopic (exact) mass is 347 g/mol. The minimum absolute atomic E-state index is 0.102. The molecule has 0 bridgehead atoms. The highest BCUT2D eigenvalue weighted by Crippen LogP contribution is 2.35. The van der Waals surface area contributed by atoms with Crippen LogP contribution in [0.5, 0.6) is 0 Å². The quantitative estimate of drug-likeness (QED) is 0.659. The van der Waals surface area contributed by atoms with Crippen LogP contribution in [0.15, 0.2) is 18.5 Å². The summed E-state index contributed by atoms with van der Waals surface area (Å²) in [6.45, 7) is 6.33. The highest BCUT2D eigenvalue weighted by atomic mass is 32.1. The number of anilines is 1. The van der Waals surface area contributed by atoms with Crippen LogP contribution >= 0.6 is 11.3 Å². The van der Waals surface area contributed by atoms with Gasteiger partial charge in [-0.2, -0.15) is 10.4 Å². The Morgan fingerprint density at radius 1 is 1.54 bits per heavy atom. The number of hydrogen-bond acceptors (Lipinski definition) is 6. The molecule has 0 atom stereocenters. The van der Waals surface area contributed by atoms with Crippen LogP contribution in [0, 0.1) is 21.4 Å². The lowest BCUT2D eigenvalue weighted by Crippen LogP contribution is -2.15. The molecule has 0 unspecified atom stereocenters. The molecule has 0 aromatic carbocycles. The molecule has 2 rings (SSSR count). The van der Waals surface area contributed by atoms with E-state index in [9.17, 15) is 20.2 Å². The van der Waals surface area contributed by atoms with Crippen molar-refractivity contribution in [2.45, 2.75) is 39.2 Å². The number of rotatable bonds is 5. The molecule has 2 aromatic heterocycles. The lowest BCUT2D eigenvalue weighted by atomic mass is 9.94. The molecule has 0 radical (unpaired) electrons. The SMILES string of the molecule is CC(C)(C)c1cc(NC(=O)CCn2cc([N+](=O)[O-])cn2)c(C#N)s1. The van der Waals surface area contributed by atoms with E-state index in [2.05, 4.69) is 16.5 Å². The first-order valence-corrected chi connectivity index (χ1v) is 8.03. The van der Waals surface area contributed by atoms with Gasteiger partial charge in [0.1, 0.15) is 23.3 Å². The van der Waals surface area contributed by atoms with E-state index < -0.39 is 4.92 Å². The zero-order valence-electron chi connectivity index (χ0n) is 13.6. The van der Waals surface area contributed by atoms with E-state index in [1.807, 2.05) is 26.8 Å². The molecule has 126 valence electrons. The number of nitro groups is 1. The minimum Gasteiger partial charge on any atom is -0.324 e. The number of nitrogens with one attached hydrogen (secondary N) is 1. The third kappa shape index (κ3) is 4.17. The van der Waals surface area contributed by atoms with Crippen molar-refractivity contribution < 1.29 is 9.72 Å². The Morgan fingerprint density at radius 3 is 2.79 bits per heavy atom. The molecule has 0 spiro atoms. The zero-order chi connectivity index (χ0) is 17.9. The summed E-state index contributed by atoms with van der Waals surface area (Å²) in [4.78, 5) is 23.6. The number of carbonyl (C=O) groups excluding carboxylic acids is 1. The third-order valence-electron chi connectivity index (χ3n) is 3.25. The Kier molecular flexibility index (Phi) is 4.99. The summed E-state index contributed by atoms with van der Waals surface area (Å²) >= 11 is 1.36. The maximum absolute atomic E-state index is 12.1. The van der Waals surface area contributed by atoms with Gasteiger partial charge in [0.25, 0.3) is 0 Å². The van der Waals surface area contributed by atoms with Crippen LogP contribution in [0.1, 0.15) is 36.9 Å². The molecule has 0 fully saturated rings. The van der Waals surface area contributed by atoms with Gasteiger partial charge >= 0.3 is 5.69 Å². The van der Waals surface area contributed by atoms with E-state index in [1.165, 1.54) is 22.2 Å². The molecule has 24 heavy (non-hydrogen) atoms. The van der Waals surface area contributed by atoms with E-state index in [1.54, 1.807) is 0 Å². The number of aromatic nitrogens is 2. The molecular weight excluding hydrogens is 330 g/mol. The lowest BCUT2D eigenvalue weighted by Gasteiger charge is -2.15. The van der Waals surface area contributed by atoms with Gasteiger partial charge < -0.3 is 5.32 Å². The molecule has 0 saturated carbocycles. The van der Waals surface area contributed by atoms with E-state index in [0.717, 1.165) is 11.1 Å². The Labute approximate surface area is 142 Å².